The Hall–Kier alpha value is -3.63. The van der Waals surface area contributed by atoms with E-state index in [9.17, 15) is 23.1 Å². The number of nitrogens with zero attached hydrogens (tertiary/aromatic N) is 1. The molecule has 5 unspecified atom stereocenters. The van der Waals surface area contributed by atoms with Crippen molar-refractivity contribution in [3.8, 4) is 17.2 Å². The van der Waals surface area contributed by atoms with Crippen LogP contribution in [0, 0.1) is 11.8 Å². The van der Waals surface area contributed by atoms with Crippen molar-refractivity contribution in [1.29, 1.82) is 0 Å². The highest BCUT2D eigenvalue weighted by atomic mass is 32.2. The third-order valence-corrected chi connectivity index (χ3v) is 10.2. The lowest BCUT2D eigenvalue weighted by Crippen LogP contribution is -2.51. The first-order chi connectivity index (χ1) is 23.0. The molecule has 5 atom stereocenters. The van der Waals surface area contributed by atoms with E-state index >= 15 is 0 Å². The summed E-state index contributed by atoms with van der Waals surface area (Å²) in [4.78, 5) is 24.5. The second kappa shape index (κ2) is 16.2. The highest BCUT2D eigenvalue weighted by molar-refractivity contribution is 7.89. The van der Waals surface area contributed by atoms with Gasteiger partial charge in [0.25, 0.3) is 0 Å². The lowest BCUT2D eigenvalue weighted by atomic mass is 10.0. The van der Waals surface area contributed by atoms with Crippen molar-refractivity contribution in [2.24, 2.45) is 11.8 Å². The van der Waals surface area contributed by atoms with Gasteiger partial charge in [0.2, 0.25) is 16.8 Å². The number of nitrogens with one attached hydrogen (secondary N) is 1. The predicted octanol–water partition coefficient (Wildman–Crippen LogP) is 2.85. The number of methoxy groups -OCH3 is 1. The summed E-state index contributed by atoms with van der Waals surface area (Å²) >= 11 is 0. The number of carbonyl (C=O) groups excluding carboxylic acids is 2. The van der Waals surface area contributed by atoms with Crippen molar-refractivity contribution in [3.63, 3.8) is 0 Å². The van der Waals surface area contributed by atoms with Gasteiger partial charge in [0, 0.05) is 25.6 Å². The van der Waals surface area contributed by atoms with Gasteiger partial charge in [-0.2, -0.15) is 4.31 Å². The van der Waals surface area contributed by atoms with Crippen molar-refractivity contribution in [1.82, 2.24) is 9.62 Å². The maximum Gasteiger partial charge on any atom is 0.407 e. The van der Waals surface area contributed by atoms with Crippen LogP contribution in [0.25, 0.3) is 0 Å². The highest BCUT2D eigenvalue weighted by Gasteiger charge is 2.44. The summed E-state index contributed by atoms with van der Waals surface area (Å²) < 4.78 is 66.9. The number of carbonyl (C=O) groups is 2. The standard InChI is InChI=1S/C33H44N2O12S/c1-21(2)17-35(48(39,40)24-10-11-28-29(16-24)46-20-45-28)18-27(36)26(34-33(38)47-30-19-44-32-25(30)12-14-43-32)15-22-6-8-23(9-7-22)42-13-4-5-31(37)41-3/h6-11,16,21,25-27,30,32,36H,4-5,12-15,17-20H2,1-3H3,(H,34,38). The van der Waals surface area contributed by atoms with Crippen molar-refractivity contribution in [2.75, 3.05) is 46.8 Å². The Morgan fingerprint density at radius 3 is 2.58 bits per heavy atom. The van der Waals surface area contributed by atoms with Gasteiger partial charge < -0.3 is 43.6 Å². The number of benzene rings is 2. The molecule has 0 bridgehead atoms. The molecule has 14 nitrogen and oxygen atoms in total. The maximum atomic E-state index is 13.9. The number of ether oxygens (including phenoxy) is 7. The van der Waals surface area contributed by atoms with E-state index in [2.05, 4.69) is 10.1 Å². The van der Waals surface area contributed by atoms with E-state index in [0.29, 0.717) is 43.3 Å². The second-order valence-corrected chi connectivity index (χ2v) is 14.3. The minimum atomic E-state index is -4.08. The summed E-state index contributed by atoms with van der Waals surface area (Å²) in [5, 5.41) is 14.4. The zero-order chi connectivity index (χ0) is 34.3. The molecule has 3 heterocycles. The van der Waals surface area contributed by atoms with E-state index in [1.165, 1.54) is 23.5 Å². The SMILES string of the molecule is COC(=O)CCCOc1ccc(CC(NC(=O)OC2COC3OCCC23)C(O)CN(CC(C)C)S(=O)(=O)c2ccc3c(c2)OCO3)cc1. The Balaban J connectivity index is 1.30. The number of amides is 1. The second-order valence-electron chi connectivity index (χ2n) is 12.4. The molecule has 1 amide bonds. The molecule has 0 aromatic heterocycles. The van der Waals surface area contributed by atoms with Crippen LogP contribution >= 0.6 is 0 Å². The monoisotopic (exact) mass is 692 g/mol. The molecule has 0 radical (unpaired) electrons. The van der Waals surface area contributed by atoms with Gasteiger partial charge in [0.1, 0.15) is 11.9 Å². The van der Waals surface area contributed by atoms with E-state index in [0.717, 1.165) is 5.56 Å². The first-order valence-corrected chi connectivity index (χ1v) is 17.5. The van der Waals surface area contributed by atoms with Crippen LogP contribution in [0.4, 0.5) is 4.79 Å². The van der Waals surface area contributed by atoms with E-state index < -0.39 is 40.7 Å². The molecule has 0 aliphatic carbocycles. The van der Waals surface area contributed by atoms with Crippen LogP contribution in [-0.4, -0.2) is 101 Å². The van der Waals surface area contributed by atoms with Crippen LogP contribution in [0.5, 0.6) is 17.2 Å². The van der Waals surface area contributed by atoms with Crippen molar-refractivity contribution < 1.29 is 56.3 Å². The maximum absolute atomic E-state index is 13.9. The number of aliphatic hydroxyl groups excluding tert-OH is 1. The van der Waals surface area contributed by atoms with E-state index in [1.54, 1.807) is 30.3 Å². The van der Waals surface area contributed by atoms with Gasteiger partial charge in [-0.05, 0) is 55.0 Å². The fourth-order valence-electron chi connectivity index (χ4n) is 5.84. The van der Waals surface area contributed by atoms with Crippen molar-refractivity contribution in [2.45, 2.75) is 69.0 Å². The first-order valence-electron chi connectivity index (χ1n) is 16.1. The molecule has 15 heteroatoms. The van der Waals surface area contributed by atoms with Crippen molar-refractivity contribution >= 4 is 22.1 Å². The quantitative estimate of drug-likeness (QED) is 0.195. The van der Waals surface area contributed by atoms with Crippen LogP contribution < -0.4 is 19.5 Å². The molecule has 2 N–H and O–H groups in total. The van der Waals surface area contributed by atoms with E-state index in [4.69, 9.17) is 28.4 Å². The molecule has 2 saturated heterocycles. The number of sulfonamides is 1. The highest BCUT2D eigenvalue weighted by Crippen LogP contribution is 2.35. The smallest absolute Gasteiger partial charge is 0.407 e. The van der Waals surface area contributed by atoms with Gasteiger partial charge in [-0.1, -0.05) is 26.0 Å². The zero-order valence-electron chi connectivity index (χ0n) is 27.4. The summed E-state index contributed by atoms with van der Waals surface area (Å²) in [6.45, 7) is 4.63. The zero-order valence-corrected chi connectivity index (χ0v) is 28.2. The van der Waals surface area contributed by atoms with Crippen molar-refractivity contribution in [3.05, 3.63) is 48.0 Å². The van der Waals surface area contributed by atoms with Gasteiger partial charge in [-0.25, -0.2) is 13.2 Å². The summed E-state index contributed by atoms with van der Waals surface area (Å²) in [5.41, 5.74) is 0.753. The molecule has 48 heavy (non-hydrogen) atoms. The average molecular weight is 693 g/mol. The fraction of sp³-hybridized carbons (Fsp3) is 0.576. The fourth-order valence-corrected chi connectivity index (χ4v) is 7.48. The normalized spacial score (nSPS) is 21.2. The van der Waals surface area contributed by atoms with Gasteiger partial charge in [0.15, 0.2) is 17.8 Å². The molecule has 3 aliphatic rings. The van der Waals surface area contributed by atoms with Crippen LogP contribution in [0.15, 0.2) is 47.4 Å². The molecule has 2 aromatic carbocycles. The molecular formula is C33H44N2O12S. The number of aliphatic hydroxyl groups is 1. The van der Waals surface area contributed by atoms with E-state index in [-0.39, 0.29) is 62.0 Å². The third kappa shape index (κ3) is 9.08. The minimum absolute atomic E-state index is 0.000244. The Bertz CT molecular complexity index is 1500. The van der Waals surface area contributed by atoms with Crippen LogP contribution in [-0.2, 0) is 40.2 Å². The lowest BCUT2D eigenvalue weighted by molar-refractivity contribution is -0.140. The predicted molar refractivity (Wildman–Crippen MR) is 170 cm³/mol. The summed E-state index contributed by atoms with van der Waals surface area (Å²) in [6.07, 6.45) is -1.38. The van der Waals surface area contributed by atoms with Gasteiger partial charge in [-0.15, -0.1) is 0 Å². The van der Waals surface area contributed by atoms with E-state index in [1.807, 2.05) is 13.8 Å². The Kier molecular flexibility index (Phi) is 12.0. The third-order valence-electron chi connectivity index (χ3n) is 8.35. The minimum Gasteiger partial charge on any atom is -0.494 e. The molecular weight excluding hydrogens is 648 g/mol. The Morgan fingerprint density at radius 2 is 1.83 bits per heavy atom. The Morgan fingerprint density at radius 1 is 1.06 bits per heavy atom. The summed E-state index contributed by atoms with van der Waals surface area (Å²) in [5.74, 6) is 0.907. The Labute approximate surface area is 280 Å². The molecule has 264 valence electrons. The average Bonchev–Trinajstić information content (AvgIpc) is 3.81. The van der Waals surface area contributed by atoms with Crippen LogP contribution in [0.2, 0.25) is 0 Å². The molecule has 5 rings (SSSR count). The number of hydrogen-bond donors (Lipinski definition) is 2. The number of alkyl carbamates (subject to hydrolysis) is 1. The first kappa shape index (κ1) is 35.7. The molecule has 3 aliphatic heterocycles. The summed E-state index contributed by atoms with van der Waals surface area (Å²) in [7, 11) is -2.75. The molecule has 2 aromatic rings. The number of hydrogen-bond acceptors (Lipinski definition) is 12. The van der Waals surface area contributed by atoms with Gasteiger partial charge in [-0.3, -0.25) is 4.79 Å². The number of fused-ring (bicyclic) bond motifs is 2. The summed E-state index contributed by atoms with van der Waals surface area (Å²) in [6, 6.07) is 10.6. The molecule has 0 spiro atoms. The largest absolute Gasteiger partial charge is 0.494 e. The number of rotatable bonds is 16. The van der Waals surface area contributed by atoms with Gasteiger partial charge >= 0.3 is 12.1 Å². The topological polar surface area (TPSA) is 168 Å². The lowest BCUT2D eigenvalue weighted by Gasteiger charge is -2.31. The van der Waals surface area contributed by atoms with Crippen LogP contribution in [0.3, 0.4) is 0 Å². The molecule has 0 saturated carbocycles. The number of esters is 1. The molecule has 2 fully saturated rings. The van der Waals surface area contributed by atoms with Gasteiger partial charge in [0.05, 0.1) is 49.9 Å². The van der Waals surface area contributed by atoms with Crippen LogP contribution in [0.1, 0.15) is 38.7 Å².